The van der Waals surface area contributed by atoms with E-state index in [1.807, 2.05) is 30.3 Å². The maximum Gasteiger partial charge on any atom is 0.237 e. The molecule has 1 aromatic heterocycles. The van der Waals surface area contributed by atoms with Crippen molar-refractivity contribution in [2.45, 2.75) is 25.5 Å². The Hall–Kier alpha value is -3.46. The molecule has 0 bridgehead atoms. The van der Waals surface area contributed by atoms with E-state index >= 15 is 0 Å². The van der Waals surface area contributed by atoms with Crippen LogP contribution in [0, 0.1) is 0 Å². The lowest BCUT2D eigenvalue weighted by atomic mass is 10.1. The highest BCUT2D eigenvalue weighted by Gasteiger charge is 2.29. The van der Waals surface area contributed by atoms with E-state index in [0.29, 0.717) is 34.4 Å². The first-order chi connectivity index (χ1) is 14.1. The fourth-order valence-electron chi connectivity index (χ4n) is 2.65. The van der Waals surface area contributed by atoms with Gasteiger partial charge in [0.1, 0.15) is 0 Å². The Bertz CT molecular complexity index is 1220. The van der Waals surface area contributed by atoms with Crippen molar-refractivity contribution in [2.75, 3.05) is 4.72 Å². The average Bonchev–Trinajstić information content (AvgIpc) is 2.68. The Balaban J connectivity index is 2.18. The number of hydrogen-bond donors (Lipinski definition) is 3. The van der Waals surface area contributed by atoms with Crippen LogP contribution in [-0.2, 0) is 14.8 Å². The Morgan fingerprint density at radius 3 is 2.43 bits per heavy atom. The van der Waals surface area contributed by atoms with Crippen LogP contribution < -0.4 is 15.8 Å². The number of fused-ring (bicyclic) bond motifs is 1. The minimum atomic E-state index is -3.60. The van der Waals surface area contributed by atoms with Gasteiger partial charge in [-0.3, -0.25) is 14.8 Å². The fourth-order valence-corrected chi connectivity index (χ4v) is 3.39. The van der Waals surface area contributed by atoms with Gasteiger partial charge in [0.15, 0.2) is 5.96 Å². The lowest BCUT2D eigenvalue weighted by Gasteiger charge is -2.20. The van der Waals surface area contributed by atoms with Gasteiger partial charge in [0.05, 0.1) is 21.6 Å². The summed E-state index contributed by atoms with van der Waals surface area (Å²) in [4.78, 5) is 19.7. The standard InChI is InChI=1S/C21H23N5O3S/c1-21(2,3)30(28,29)26-15-9-10-17-16(11-15)19(25-20(22)23-13-27)12-18(24-17)14-7-5-4-6-8-14/h4-13,26H,1-3H3,(H3,22,23,24,25,27). The van der Waals surface area contributed by atoms with Crippen molar-refractivity contribution in [3.05, 3.63) is 54.6 Å². The van der Waals surface area contributed by atoms with E-state index in [1.165, 1.54) is 0 Å². The smallest absolute Gasteiger partial charge is 0.237 e. The molecule has 9 heteroatoms. The third kappa shape index (κ3) is 4.57. The SMILES string of the molecule is CC(C)(C)S(=O)(=O)Nc1ccc2nc(-c3ccccc3)cc(N=C(N)NC=O)c2c1. The zero-order valence-electron chi connectivity index (χ0n) is 16.9. The first-order valence-corrected chi connectivity index (χ1v) is 10.7. The summed E-state index contributed by atoms with van der Waals surface area (Å²) in [6.07, 6.45) is 0.434. The van der Waals surface area contributed by atoms with Crippen molar-refractivity contribution in [3.8, 4) is 11.3 Å². The van der Waals surface area contributed by atoms with Crippen LogP contribution in [0.25, 0.3) is 22.2 Å². The molecular weight excluding hydrogens is 402 g/mol. The van der Waals surface area contributed by atoms with E-state index in [0.717, 1.165) is 5.56 Å². The number of guanidine groups is 1. The Kier molecular flexibility index (Phi) is 5.75. The number of nitrogens with one attached hydrogen (secondary N) is 2. The third-order valence-corrected chi connectivity index (χ3v) is 6.48. The number of aromatic nitrogens is 1. The fraction of sp³-hybridized carbons (Fsp3) is 0.190. The molecule has 0 spiro atoms. The summed E-state index contributed by atoms with van der Waals surface area (Å²) in [6.45, 7) is 4.85. The second-order valence-corrected chi connectivity index (χ2v) is 10.0. The molecule has 0 aliphatic heterocycles. The zero-order chi connectivity index (χ0) is 21.9. The molecule has 8 nitrogen and oxygen atoms in total. The molecule has 1 heterocycles. The normalized spacial score (nSPS) is 12.6. The van der Waals surface area contributed by atoms with E-state index in [2.05, 4.69) is 20.0 Å². The number of carbonyl (C=O) groups is 1. The van der Waals surface area contributed by atoms with Crippen LogP contribution >= 0.6 is 0 Å². The molecule has 0 aliphatic rings. The molecule has 0 saturated heterocycles. The third-order valence-electron chi connectivity index (χ3n) is 4.36. The number of hydrogen-bond acceptors (Lipinski definition) is 5. The van der Waals surface area contributed by atoms with E-state index in [-0.39, 0.29) is 5.96 Å². The highest BCUT2D eigenvalue weighted by Crippen LogP contribution is 2.33. The summed E-state index contributed by atoms with van der Waals surface area (Å²) >= 11 is 0. The van der Waals surface area contributed by atoms with Crippen LogP contribution in [-0.4, -0.2) is 30.5 Å². The number of amides is 1. The zero-order valence-corrected chi connectivity index (χ0v) is 17.7. The summed E-state index contributed by atoms with van der Waals surface area (Å²) in [7, 11) is -3.60. The lowest BCUT2D eigenvalue weighted by Crippen LogP contribution is -2.33. The van der Waals surface area contributed by atoms with Gasteiger partial charge in [-0.05, 0) is 45.0 Å². The van der Waals surface area contributed by atoms with Crippen LogP contribution in [0.2, 0.25) is 0 Å². The van der Waals surface area contributed by atoms with Gasteiger partial charge in [0.2, 0.25) is 16.4 Å². The molecule has 0 aliphatic carbocycles. The van der Waals surface area contributed by atoms with Gasteiger partial charge in [-0.2, -0.15) is 0 Å². The van der Waals surface area contributed by atoms with Crippen molar-refractivity contribution in [2.24, 2.45) is 10.7 Å². The van der Waals surface area contributed by atoms with E-state index in [1.54, 1.807) is 45.0 Å². The highest BCUT2D eigenvalue weighted by atomic mass is 32.2. The number of rotatable bonds is 5. The predicted octanol–water partition coefficient (Wildman–Crippen LogP) is 3.13. The number of anilines is 1. The molecule has 2 aromatic carbocycles. The quantitative estimate of drug-likeness (QED) is 0.329. The van der Waals surface area contributed by atoms with Crippen molar-refractivity contribution < 1.29 is 13.2 Å². The highest BCUT2D eigenvalue weighted by molar-refractivity contribution is 7.94. The minimum Gasteiger partial charge on any atom is -0.369 e. The predicted molar refractivity (Wildman–Crippen MR) is 120 cm³/mol. The van der Waals surface area contributed by atoms with Crippen molar-refractivity contribution >= 4 is 44.7 Å². The van der Waals surface area contributed by atoms with E-state index in [9.17, 15) is 13.2 Å². The van der Waals surface area contributed by atoms with Gasteiger partial charge in [-0.1, -0.05) is 30.3 Å². The molecule has 0 fully saturated rings. The second kappa shape index (κ2) is 8.11. The Morgan fingerprint density at radius 2 is 1.80 bits per heavy atom. The van der Waals surface area contributed by atoms with Crippen LogP contribution in [0.1, 0.15) is 20.8 Å². The number of pyridine rings is 1. The lowest BCUT2D eigenvalue weighted by molar-refractivity contribution is -0.108. The van der Waals surface area contributed by atoms with Crippen molar-refractivity contribution in [3.63, 3.8) is 0 Å². The maximum atomic E-state index is 12.5. The number of nitrogens with zero attached hydrogens (tertiary/aromatic N) is 2. The van der Waals surface area contributed by atoms with Crippen molar-refractivity contribution in [1.82, 2.24) is 10.3 Å². The number of nitrogens with two attached hydrogens (primary N) is 1. The minimum absolute atomic E-state index is 0.0859. The molecule has 1 amide bonds. The van der Waals surface area contributed by atoms with E-state index in [4.69, 9.17) is 5.73 Å². The van der Waals surface area contributed by atoms with Gasteiger partial charge in [0.25, 0.3) is 0 Å². The topological polar surface area (TPSA) is 127 Å². The summed E-state index contributed by atoms with van der Waals surface area (Å²) < 4.78 is 26.7. The van der Waals surface area contributed by atoms with Crippen molar-refractivity contribution in [1.29, 1.82) is 0 Å². The summed E-state index contributed by atoms with van der Waals surface area (Å²) in [5.41, 5.74) is 8.75. The summed E-state index contributed by atoms with van der Waals surface area (Å²) in [5, 5.41) is 2.89. The summed E-state index contributed by atoms with van der Waals surface area (Å²) in [5.74, 6) is -0.0859. The molecule has 4 N–H and O–H groups in total. The largest absolute Gasteiger partial charge is 0.369 e. The Morgan fingerprint density at radius 1 is 1.10 bits per heavy atom. The molecule has 30 heavy (non-hydrogen) atoms. The number of sulfonamides is 1. The molecule has 0 radical (unpaired) electrons. The van der Waals surface area contributed by atoms with Crippen LogP contribution in [0.4, 0.5) is 11.4 Å². The van der Waals surface area contributed by atoms with Crippen LogP contribution in [0.5, 0.6) is 0 Å². The molecule has 0 unspecified atom stereocenters. The number of aliphatic imine (C=N–C) groups is 1. The van der Waals surface area contributed by atoms with Gasteiger partial charge in [0, 0.05) is 16.6 Å². The second-order valence-electron chi connectivity index (χ2n) is 7.60. The summed E-state index contributed by atoms with van der Waals surface area (Å²) in [6, 6.07) is 16.3. The number of benzene rings is 2. The number of carbonyl (C=O) groups excluding carboxylic acids is 1. The molecule has 3 rings (SSSR count). The molecular formula is C21H23N5O3S. The maximum absolute atomic E-state index is 12.5. The van der Waals surface area contributed by atoms with Gasteiger partial charge < -0.3 is 5.73 Å². The average molecular weight is 426 g/mol. The monoisotopic (exact) mass is 425 g/mol. The molecule has 0 saturated carbocycles. The first-order valence-electron chi connectivity index (χ1n) is 9.18. The Labute approximate surface area is 175 Å². The molecule has 3 aromatic rings. The van der Waals surface area contributed by atoms with Gasteiger partial charge >= 0.3 is 0 Å². The van der Waals surface area contributed by atoms with Crippen LogP contribution in [0.15, 0.2) is 59.6 Å². The molecule has 156 valence electrons. The molecule has 0 atom stereocenters. The van der Waals surface area contributed by atoms with E-state index < -0.39 is 14.8 Å². The van der Waals surface area contributed by atoms with Gasteiger partial charge in [-0.25, -0.2) is 18.4 Å². The first kappa shape index (κ1) is 21.3. The van der Waals surface area contributed by atoms with Gasteiger partial charge in [-0.15, -0.1) is 0 Å². The van der Waals surface area contributed by atoms with Crippen LogP contribution in [0.3, 0.4) is 0 Å².